The molecule has 1 aliphatic carbocycles. The van der Waals surface area contributed by atoms with Crippen molar-refractivity contribution in [3.05, 3.63) is 52.9 Å². The molecule has 14 heteroatoms. The number of ether oxygens (including phenoxy) is 2. The van der Waals surface area contributed by atoms with Crippen molar-refractivity contribution in [2.75, 3.05) is 6.61 Å². The maximum atomic E-state index is 14.5. The molecule has 0 bridgehead atoms. The average Bonchev–Trinajstić information content (AvgIpc) is 3.17. The molecule has 4 rings (SSSR count). The van der Waals surface area contributed by atoms with E-state index in [4.69, 9.17) is 4.74 Å². The van der Waals surface area contributed by atoms with Gasteiger partial charge < -0.3 is 9.47 Å². The second-order valence-electron chi connectivity index (χ2n) is 7.62. The van der Waals surface area contributed by atoms with Crippen LogP contribution in [-0.4, -0.2) is 49.6 Å². The van der Waals surface area contributed by atoms with Gasteiger partial charge in [0.05, 0.1) is 23.5 Å². The van der Waals surface area contributed by atoms with Crippen LogP contribution in [0.5, 0.6) is 11.8 Å². The Hall–Kier alpha value is -3.08. The molecule has 0 spiro atoms. The van der Waals surface area contributed by atoms with E-state index in [0.717, 1.165) is 10.6 Å². The summed E-state index contributed by atoms with van der Waals surface area (Å²) in [5.41, 5.74) is -0.117. The summed E-state index contributed by atoms with van der Waals surface area (Å²) < 4.78 is 91.3. The fourth-order valence-electron chi connectivity index (χ4n) is 3.29. The summed E-state index contributed by atoms with van der Waals surface area (Å²) >= 11 is 0. The predicted octanol–water partition coefficient (Wildman–Crippen LogP) is 3.90. The van der Waals surface area contributed by atoms with Crippen LogP contribution in [0.25, 0.3) is 17.1 Å². The minimum atomic E-state index is -4.54. The molecular weight excluding hydrogens is 489 g/mol. The number of aromatic nitrogens is 4. The smallest absolute Gasteiger partial charge is 0.422 e. The largest absolute Gasteiger partial charge is 0.484 e. The van der Waals surface area contributed by atoms with Crippen LogP contribution in [0, 0.1) is 0 Å². The Kier molecular flexibility index (Phi) is 5.87. The van der Waals surface area contributed by atoms with Gasteiger partial charge >= 0.3 is 12.2 Å². The molecule has 3 unspecified atom stereocenters. The summed E-state index contributed by atoms with van der Waals surface area (Å²) in [6.07, 6.45) is -5.65. The number of alkyl halides is 6. The van der Waals surface area contributed by atoms with E-state index in [2.05, 4.69) is 14.8 Å². The monoisotopic (exact) mass is 506 g/mol. The number of halogens is 6. The highest BCUT2D eigenvalue weighted by Gasteiger charge is 2.69. The minimum Gasteiger partial charge on any atom is -0.484 e. The van der Waals surface area contributed by atoms with Crippen molar-refractivity contribution in [1.82, 2.24) is 19.3 Å². The molecule has 0 aliphatic heterocycles. The molecule has 3 atom stereocenters. The Morgan fingerprint density at radius 3 is 2.38 bits per heavy atom. The first-order valence-corrected chi connectivity index (χ1v) is 10.3. The third-order valence-electron chi connectivity index (χ3n) is 5.19. The lowest BCUT2D eigenvalue weighted by Gasteiger charge is -2.46. The van der Waals surface area contributed by atoms with Crippen LogP contribution in [0.1, 0.15) is 6.42 Å². The Balaban J connectivity index is 1.73. The first-order valence-electron chi connectivity index (χ1n) is 9.73. The van der Waals surface area contributed by atoms with Crippen molar-refractivity contribution >= 4 is 9.24 Å². The van der Waals surface area contributed by atoms with E-state index in [9.17, 15) is 31.1 Å². The second-order valence-corrected chi connectivity index (χ2v) is 8.46. The molecule has 1 aliphatic rings. The Morgan fingerprint density at radius 1 is 1.18 bits per heavy atom. The molecule has 182 valence electrons. The topological polar surface area (TPSA) is 71.2 Å². The number of benzene rings is 1. The van der Waals surface area contributed by atoms with Gasteiger partial charge in [0.25, 0.3) is 11.5 Å². The molecule has 7 nitrogen and oxygen atoms in total. The summed E-state index contributed by atoms with van der Waals surface area (Å²) in [5.74, 6) is -3.77. The molecule has 1 saturated carbocycles. The van der Waals surface area contributed by atoms with Crippen molar-refractivity contribution in [2.24, 2.45) is 7.05 Å². The van der Waals surface area contributed by atoms with Crippen molar-refractivity contribution in [2.45, 2.75) is 30.0 Å². The minimum absolute atomic E-state index is 0.0858. The van der Waals surface area contributed by atoms with Gasteiger partial charge in [-0.2, -0.15) is 23.3 Å². The van der Waals surface area contributed by atoms with Gasteiger partial charge in [0.15, 0.2) is 12.7 Å². The van der Waals surface area contributed by atoms with E-state index in [-0.39, 0.29) is 17.1 Å². The van der Waals surface area contributed by atoms with Crippen molar-refractivity contribution in [3.63, 3.8) is 0 Å². The van der Waals surface area contributed by atoms with Gasteiger partial charge in [-0.25, -0.2) is 17.7 Å². The molecule has 1 aromatic carbocycles. The lowest BCUT2D eigenvalue weighted by molar-refractivity contribution is -0.222. The Bertz CT molecular complexity index is 1260. The third-order valence-corrected chi connectivity index (χ3v) is 5.98. The quantitative estimate of drug-likeness (QED) is 0.375. The van der Waals surface area contributed by atoms with Crippen LogP contribution in [0.15, 0.2) is 47.4 Å². The van der Waals surface area contributed by atoms with Crippen LogP contribution in [-0.2, 0) is 7.05 Å². The highest BCUT2D eigenvalue weighted by atomic mass is 31.0. The summed E-state index contributed by atoms with van der Waals surface area (Å²) in [7, 11) is 3.01. The molecule has 0 N–H and O–H groups in total. The highest BCUT2D eigenvalue weighted by molar-refractivity contribution is 7.19. The van der Waals surface area contributed by atoms with E-state index < -0.39 is 48.2 Å². The summed E-state index contributed by atoms with van der Waals surface area (Å²) in [6, 6.07) is 7.08. The Labute approximate surface area is 190 Å². The summed E-state index contributed by atoms with van der Waals surface area (Å²) in [6.45, 7) is -1.51. The number of hydrogen-bond acceptors (Lipinski definition) is 5. The second kappa shape index (κ2) is 8.30. The standard InChI is InChI=1S/C20H17F6N4O3P/c1-29-14(6-7-27-29)13-8-16(31)30(11-2-4-12(5-3-11)32-10-19(23,24)25)17(28-13)33-15-9-18(21,22)20(15,26)34/h2-8,15H,9-10,34H2,1H3. The first kappa shape index (κ1) is 24.1. The summed E-state index contributed by atoms with van der Waals surface area (Å²) in [5, 5.41) is 0.902. The molecule has 1 fully saturated rings. The predicted molar refractivity (Wildman–Crippen MR) is 111 cm³/mol. The van der Waals surface area contributed by atoms with Gasteiger partial charge in [-0.1, -0.05) is 9.24 Å². The number of nitrogens with zero attached hydrogens (tertiary/aromatic N) is 4. The van der Waals surface area contributed by atoms with Gasteiger partial charge in [-0.15, -0.1) is 0 Å². The van der Waals surface area contributed by atoms with Crippen molar-refractivity contribution < 1.29 is 35.8 Å². The normalized spacial score (nSPS) is 21.7. The van der Waals surface area contributed by atoms with Crippen molar-refractivity contribution in [1.29, 1.82) is 0 Å². The SMILES string of the molecule is Cn1nccc1-c1cc(=O)n(-c2ccc(OCC(F)(F)F)cc2)c(OC2CC(F)(F)C2(F)P)n1. The van der Waals surface area contributed by atoms with E-state index in [0.29, 0.717) is 5.69 Å². The van der Waals surface area contributed by atoms with E-state index >= 15 is 0 Å². The van der Waals surface area contributed by atoms with Gasteiger partial charge in [-0.05, 0) is 30.3 Å². The van der Waals surface area contributed by atoms with E-state index in [1.807, 2.05) is 0 Å². The molecular formula is C20H17F6N4O3P. The molecule has 0 amide bonds. The van der Waals surface area contributed by atoms with Crippen LogP contribution in [0.4, 0.5) is 26.3 Å². The molecule has 2 heterocycles. The third kappa shape index (κ3) is 4.48. The van der Waals surface area contributed by atoms with E-state index in [1.165, 1.54) is 44.4 Å². The fraction of sp³-hybridized carbons (Fsp3) is 0.350. The lowest BCUT2D eigenvalue weighted by Crippen LogP contribution is -2.63. The van der Waals surface area contributed by atoms with E-state index in [1.54, 1.807) is 13.1 Å². The highest BCUT2D eigenvalue weighted by Crippen LogP contribution is 2.55. The average molecular weight is 506 g/mol. The number of hydrogen-bond donors (Lipinski definition) is 0. The maximum Gasteiger partial charge on any atom is 0.422 e. The number of aryl methyl sites for hydroxylation is 1. The van der Waals surface area contributed by atoms with Crippen LogP contribution < -0.4 is 15.0 Å². The van der Waals surface area contributed by atoms with Crippen LogP contribution in [0.2, 0.25) is 0 Å². The maximum absolute atomic E-state index is 14.5. The van der Waals surface area contributed by atoms with Crippen LogP contribution >= 0.6 is 9.24 Å². The van der Waals surface area contributed by atoms with Gasteiger partial charge in [0.1, 0.15) is 5.75 Å². The fourth-order valence-corrected chi connectivity index (χ4v) is 3.59. The van der Waals surface area contributed by atoms with Gasteiger partial charge in [-0.3, -0.25) is 9.48 Å². The zero-order chi connectivity index (χ0) is 24.9. The molecule has 0 radical (unpaired) electrons. The first-order chi connectivity index (χ1) is 15.8. The Morgan fingerprint density at radius 2 is 1.85 bits per heavy atom. The summed E-state index contributed by atoms with van der Waals surface area (Å²) in [4.78, 5) is 17.2. The zero-order valence-corrected chi connectivity index (χ0v) is 18.5. The van der Waals surface area contributed by atoms with Gasteiger partial charge in [0.2, 0.25) is 5.41 Å². The zero-order valence-electron chi connectivity index (χ0n) is 17.4. The van der Waals surface area contributed by atoms with Crippen molar-refractivity contribution in [3.8, 4) is 28.8 Å². The van der Waals surface area contributed by atoms with Crippen LogP contribution in [0.3, 0.4) is 0 Å². The lowest BCUT2D eigenvalue weighted by atomic mass is 9.87. The molecule has 3 aromatic rings. The number of rotatable bonds is 6. The van der Waals surface area contributed by atoms with Gasteiger partial charge in [0, 0.05) is 19.3 Å². The molecule has 2 aromatic heterocycles. The molecule has 34 heavy (non-hydrogen) atoms. The molecule has 0 saturated heterocycles.